The zero-order valence-corrected chi connectivity index (χ0v) is 12.0. The smallest absolute Gasteiger partial charge is 0.152 e. The molecule has 8 atom stereocenters. The summed E-state index contributed by atoms with van der Waals surface area (Å²) in [4.78, 5) is 0. The molecule has 0 spiro atoms. The van der Waals surface area contributed by atoms with Gasteiger partial charge in [0.05, 0.1) is 13.2 Å². The monoisotopic (exact) mass is 325 g/mol. The van der Waals surface area contributed by atoms with Crippen molar-refractivity contribution in [2.75, 3.05) is 13.2 Å². The molecule has 0 radical (unpaired) electrons. The Kier molecular flexibility index (Phi) is 7.46. The summed E-state index contributed by atoms with van der Waals surface area (Å²) in [6.45, 7) is -1.27. The quantitative estimate of drug-likeness (QED) is 0.198. The average Bonchev–Trinajstić information content (AvgIpc) is 2.77. The first-order valence-electron chi connectivity index (χ1n) is 7.07. The molecule has 0 aliphatic heterocycles. The van der Waals surface area contributed by atoms with Crippen LogP contribution in [0.15, 0.2) is 0 Å². The van der Waals surface area contributed by atoms with Gasteiger partial charge in [-0.15, -0.1) is 0 Å². The van der Waals surface area contributed by atoms with Crippen molar-refractivity contribution in [2.45, 2.75) is 55.6 Å². The zero-order chi connectivity index (χ0) is 17.0. The minimum absolute atomic E-state index is 0.0358. The highest BCUT2D eigenvalue weighted by atomic mass is 16.4. The van der Waals surface area contributed by atoms with E-state index in [0.717, 1.165) is 0 Å². The molecule has 0 bridgehead atoms. The Morgan fingerprint density at radius 3 is 1.91 bits per heavy atom. The lowest BCUT2D eigenvalue weighted by molar-refractivity contribution is -0.140. The van der Waals surface area contributed by atoms with E-state index in [1.165, 1.54) is 0 Å². The fourth-order valence-electron chi connectivity index (χ4n) is 2.68. The number of hydrogen-bond acceptors (Lipinski definition) is 9. The molecule has 9 N–H and O–H groups in total. The molecule has 0 aromatic rings. The standard InChI is InChI=1S/C13H25O9/c14-3-6-5(1-7(16)10(6)19)2-8(17)11(20)13(22)12(21)9(18)4-15/h6-22H,1-4H2/q+1/t6-,7+,8+,9-,10+,11+,12+,13-/m0/s1. The number of aliphatic hydroxyl groups is 9. The van der Waals surface area contributed by atoms with Gasteiger partial charge in [0.2, 0.25) is 0 Å². The maximum absolute atomic E-state index is 9.91. The summed E-state index contributed by atoms with van der Waals surface area (Å²) in [5.41, 5.74) is 0. The normalized spacial score (nSPS) is 32.6. The Labute approximate surface area is 127 Å². The van der Waals surface area contributed by atoms with Crippen molar-refractivity contribution >= 4 is 0 Å². The van der Waals surface area contributed by atoms with Crippen molar-refractivity contribution in [3.05, 3.63) is 5.92 Å². The fourth-order valence-corrected chi connectivity index (χ4v) is 2.68. The van der Waals surface area contributed by atoms with Gasteiger partial charge < -0.3 is 46.0 Å². The van der Waals surface area contributed by atoms with Crippen molar-refractivity contribution in [3.8, 4) is 0 Å². The van der Waals surface area contributed by atoms with Crippen LogP contribution < -0.4 is 0 Å². The minimum Gasteiger partial charge on any atom is -0.394 e. The van der Waals surface area contributed by atoms with Crippen LogP contribution in [0.4, 0.5) is 0 Å². The van der Waals surface area contributed by atoms with Crippen LogP contribution in [0.1, 0.15) is 12.8 Å². The van der Waals surface area contributed by atoms with E-state index in [1.807, 2.05) is 0 Å². The molecule has 1 aliphatic carbocycles. The molecule has 1 rings (SSSR count). The molecule has 1 saturated carbocycles. The van der Waals surface area contributed by atoms with Gasteiger partial charge in [0, 0.05) is 0 Å². The van der Waals surface area contributed by atoms with Crippen LogP contribution in [-0.2, 0) is 0 Å². The Morgan fingerprint density at radius 2 is 1.41 bits per heavy atom. The number of hydrogen-bond donors (Lipinski definition) is 9. The van der Waals surface area contributed by atoms with Gasteiger partial charge in [0.25, 0.3) is 0 Å². The Bertz CT molecular complexity index is 329. The Hall–Kier alpha value is -0.490. The molecular formula is C13H25O9+. The lowest BCUT2D eigenvalue weighted by Gasteiger charge is -2.28. The van der Waals surface area contributed by atoms with Crippen molar-refractivity contribution in [1.82, 2.24) is 0 Å². The highest BCUT2D eigenvalue weighted by Crippen LogP contribution is 2.37. The summed E-state index contributed by atoms with van der Waals surface area (Å²) in [7, 11) is 0. The van der Waals surface area contributed by atoms with Crippen molar-refractivity contribution < 1.29 is 46.0 Å². The third-order valence-corrected chi connectivity index (χ3v) is 4.15. The van der Waals surface area contributed by atoms with Crippen LogP contribution in [0.25, 0.3) is 0 Å². The van der Waals surface area contributed by atoms with Crippen LogP contribution in [0.3, 0.4) is 0 Å². The second-order valence-electron chi connectivity index (χ2n) is 5.70. The number of aliphatic hydroxyl groups excluding tert-OH is 9. The van der Waals surface area contributed by atoms with Gasteiger partial charge in [-0.2, -0.15) is 0 Å². The zero-order valence-electron chi connectivity index (χ0n) is 12.0. The largest absolute Gasteiger partial charge is 0.394 e. The molecule has 9 heteroatoms. The predicted octanol–water partition coefficient (Wildman–Crippen LogP) is -4.52. The van der Waals surface area contributed by atoms with Gasteiger partial charge in [0.15, 0.2) is 5.92 Å². The summed E-state index contributed by atoms with van der Waals surface area (Å²) in [6.07, 6.45) is -11.2. The molecule has 1 fully saturated rings. The van der Waals surface area contributed by atoms with E-state index in [9.17, 15) is 40.9 Å². The average molecular weight is 325 g/mol. The molecule has 0 aromatic heterocycles. The van der Waals surface area contributed by atoms with Crippen LogP contribution in [-0.4, -0.2) is 102 Å². The first-order valence-corrected chi connectivity index (χ1v) is 7.07. The Balaban J connectivity index is 2.62. The summed E-state index contributed by atoms with van der Waals surface area (Å²) in [5.74, 6) is -0.319. The highest BCUT2D eigenvalue weighted by molar-refractivity contribution is 5.11. The van der Waals surface area contributed by atoms with Gasteiger partial charge in [-0.3, -0.25) is 0 Å². The van der Waals surface area contributed by atoms with Crippen molar-refractivity contribution in [1.29, 1.82) is 0 Å². The summed E-state index contributed by atoms with van der Waals surface area (Å²) < 4.78 is 0. The van der Waals surface area contributed by atoms with E-state index >= 15 is 0 Å². The van der Waals surface area contributed by atoms with E-state index in [0.29, 0.717) is 5.92 Å². The van der Waals surface area contributed by atoms with Gasteiger partial charge >= 0.3 is 0 Å². The maximum Gasteiger partial charge on any atom is 0.152 e. The lowest BCUT2D eigenvalue weighted by atomic mass is 9.87. The van der Waals surface area contributed by atoms with Crippen LogP contribution in [0.5, 0.6) is 0 Å². The van der Waals surface area contributed by atoms with Crippen LogP contribution in [0.2, 0.25) is 0 Å². The lowest BCUT2D eigenvalue weighted by Crippen LogP contribution is -2.50. The van der Waals surface area contributed by atoms with Crippen LogP contribution >= 0.6 is 0 Å². The van der Waals surface area contributed by atoms with Gasteiger partial charge in [-0.1, -0.05) is 0 Å². The second kappa shape index (κ2) is 8.39. The van der Waals surface area contributed by atoms with E-state index in [4.69, 9.17) is 5.11 Å². The van der Waals surface area contributed by atoms with Gasteiger partial charge in [-0.05, 0) is 0 Å². The first kappa shape index (κ1) is 19.6. The van der Waals surface area contributed by atoms with E-state index in [1.54, 1.807) is 0 Å². The molecule has 0 heterocycles. The molecule has 130 valence electrons. The predicted molar refractivity (Wildman–Crippen MR) is 72.2 cm³/mol. The molecule has 0 saturated heterocycles. The molecular weight excluding hydrogens is 300 g/mol. The minimum atomic E-state index is -1.90. The maximum atomic E-state index is 9.91. The Morgan fingerprint density at radius 1 is 0.864 bits per heavy atom. The third-order valence-electron chi connectivity index (χ3n) is 4.15. The summed E-state index contributed by atoms with van der Waals surface area (Å²) in [6, 6.07) is 0. The second-order valence-corrected chi connectivity index (χ2v) is 5.70. The summed E-state index contributed by atoms with van der Waals surface area (Å²) in [5, 5.41) is 85.1. The van der Waals surface area contributed by atoms with Gasteiger partial charge in [0.1, 0.15) is 61.5 Å². The topological polar surface area (TPSA) is 182 Å². The SMILES string of the molecule is OC[C@H](O)[C@@H](O)[C@@H](O)[C@H](O)[C@H](O)C[C+]1C[C@@H](O)[C@H](O)[C@H]1CO. The van der Waals surface area contributed by atoms with E-state index < -0.39 is 61.9 Å². The van der Waals surface area contributed by atoms with Crippen molar-refractivity contribution in [3.63, 3.8) is 0 Å². The first-order chi connectivity index (χ1) is 10.2. The van der Waals surface area contributed by atoms with E-state index in [2.05, 4.69) is 0 Å². The van der Waals surface area contributed by atoms with E-state index in [-0.39, 0.29) is 12.8 Å². The third kappa shape index (κ3) is 4.28. The fraction of sp³-hybridized carbons (Fsp3) is 0.923. The molecule has 0 amide bonds. The molecule has 22 heavy (non-hydrogen) atoms. The highest BCUT2D eigenvalue weighted by Gasteiger charge is 2.52. The van der Waals surface area contributed by atoms with Crippen LogP contribution in [0, 0.1) is 11.8 Å². The molecule has 9 nitrogen and oxygen atoms in total. The number of rotatable bonds is 8. The van der Waals surface area contributed by atoms with Crippen molar-refractivity contribution in [2.24, 2.45) is 5.92 Å². The summed E-state index contributed by atoms with van der Waals surface area (Å²) >= 11 is 0. The molecule has 0 unspecified atom stereocenters. The molecule has 0 aromatic carbocycles. The molecule has 1 aliphatic rings. The van der Waals surface area contributed by atoms with Gasteiger partial charge in [-0.25, -0.2) is 0 Å².